The summed E-state index contributed by atoms with van der Waals surface area (Å²) in [6.07, 6.45) is 11.4. The molecule has 0 unspecified atom stereocenters. The van der Waals surface area contributed by atoms with E-state index in [4.69, 9.17) is 12.2 Å². The second kappa shape index (κ2) is 3.91. The number of nitrogen functional groups attached to an aromatic ring is 1. The van der Waals surface area contributed by atoms with Crippen LogP contribution in [0.5, 0.6) is 0 Å². The highest BCUT2D eigenvalue weighted by molar-refractivity contribution is 5.68. The van der Waals surface area contributed by atoms with Crippen LogP contribution < -0.4 is 5.73 Å². The first-order valence-electron chi connectivity index (χ1n) is 6.00. The van der Waals surface area contributed by atoms with Crippen LogP contribution in [0.25, 0.3) is 11.4 Å². The fraction of sp³-hybridized carbons (Fsp3) is 0.385. The largest absolute Gasteiger partial charge is 0.383 e. The second-order valence-corrected chi connectivity index (χ2v) is 4.60. The Hall–Kier alpha value is -2.22. The molecule has 0 aromatic carbocycles. The molecule has 18 heavy (non-hydrogen) atoms. The van der Waals surface area contributed by atoms with Gasteiger partial charge >= 0.3 is 0 Å². The first kappa shape index (κ1) is 10.9. The molecule has 5 nitrogen and oxygen atoms in total. The SMILES string of the molecule is C#CCn1c(C)nc(-c2cncn2C2CC2)c1N. The minimum absolute atomic E-state index is 0.447. The van der Waals surface area contributed by atoms with Gasteiger partial charge in [-0.25, -0.2) is 9.97 Å². The standard InChI is InChI=1S/C13H15N5/c1-3-6-17-9(2)16-12(13(17)14)11-7-15-8-18(11)10-4-5-10/h1,7-8,10H,4-6,14H2,2H3. The van der Waals surface area contributed by atoms with Crippen molar-refractivity contribution in [1.82, 2.24) is 19.1 Å². The van der Waals surface area contributed by atoms with E-state index < -0.39 is 0 Å². The van der Waals surface area contributed by atoms with Crippen LogP contribution in [0.1, 0.15) is 24.7 Å². The third-order valence-corrected chi connectivity index (χ3v) is 3.30. The number of aromatic nitrogens is 4. The Morgan fingerprint density at radius 2 is 2.33 bits per heavy atom. The molecule has 0 saturated heterocycles. The average Bonchev–Trinajstić information content (AvgIpc) is 3.03. The highest BCUT2D eigenvalue weighted by Crippen LogP contribution is 2.39. The zero-order valence-electron chi connectivity index (χ0n) is 10.3. The molecular formula is C13H15N5. The van der Waals surface area contributed by atoms with Crippen LogP contribution in [0.2, 0.25) is 0 Å². The smallest absolute Gasteiger partial charge is 0.134 e. The Morgan fingerprint density at radius 1 is 1.56 bits per heavy atom. The van der Waals surface area contributed by atoms with Gasteiger partial charge in [0.05, 0.1) is 24.8 Å². The summed E-state index contributed by atoms with van der Waals surface area (Å²) in [5, 5.41) is 0. The summed E-state index contributed by atoms with van der Waals surface area (Å²) in [5.74, 6) is 4.05. The van der Waals surface area contributed by atoms with E-state index in [9.17, 15) is 0 Å². The lowest BCUT2D eigenvalue weighted by molar-refractivity contribution is 0.746. The van der Waals surface area contributed by atoms with E-state index in [1.165, 1.54) is 12.8 Å². The quantitative estimate of drug-likeness (QED) is 0.830. The molecule has 92 valence electrons. The number of aryl methyl sites for hydroxylation is 1. The van der Waals surface area contributed by atoms with Gasteiger partial charge in [0.2, 0.25) is 0 Å². The Labute approximate surface area is 106 Å². The molecule has 2 aromatic rings. The number of nitrogens with zero attached hydrogens (tertiary/aromatic N) is 4. The molecule has 3 rings (SSSR count). The van der Waals surface area contributed by atoms with Crippen molar-refractivity contribution in [3.63, 3.8) is 0 Å². The first-order chi connectivity index (χ1) is 8.72. The molecule has 1 fully saturated rings. The van der Waals surface area contributed by atoms with E-state index in [0.29, 0.717) is 18.4 Å². The Bertz CT molecular complexity index is 624. The fourth-order valence-corrected chi connectivity index (χ4v) is 2.19. The predicted molar refractivity (Wildman–Crippen MR) is 69.7 cm³/mol. The predicted octanol–water partition coefficient (Wildman–Crippen LogP) is 1.61. The third kappa shape index (κ3) is 1.58. The van der Waals surface area contributed by atoms with Gasteiger partial charge in [0.15, 0.2) is 0 Å². The minimum Gasteiger partial charge on any atom is -0.383 e. The van der Waals surface area contributed by atoms with Crippen molar-refractivity contribution in [2.75, 3.05) is 5.73 Å². The van der Waals surface area contributed by atoms with Gasteiger partial charge in [-0.15, -0.1) is 6.42 Å². The van der Waals surface area contributed by atoms with Crippen molar-refractivity contribution < 1.29 is 0 Å². The Morgan fingerprint density at radius 3 is 3.00 bits per heavy atom. The lowest BCUT2D eigenvalue weighted by Crippen LogP contribution is -2.04. The van der Waals surface area contributed by atoms with Crippen molar-refractivity contribution in [1.29, 1.82) is 0 Å². The molecule has 0 radical (unpaired) electrons. The molecule has 0 aliphatic heterocycles. The number of anilines is 1. The summed E-state index contributed by atoms with van der Waals surface area (Å²) >= 11 is 0. The van der Waals surface area contributed by atoms with Gasteiger partial charge in [-0.3, -0.25) is 0 Å². The van der Waals surface area contributed by atoms with Crippen LogP contribution in [-0.2, 0) is 6.54 Å². The average molecular weight is 241 g/mol. The van der Waals surface area contributed by atoms with E-state index >= 15 is 0 Å². The van der Waals surface area contributed by atoms with Gasteiger partial charge in [0, 0.05) is 6.04 Å². The van der Waals surface area contributed by atoms with Gasteiger partial charge in [0.1, 0.15) is 17.3 Å². The van der Waals surface area contributed by atoms with Crippen LogP contribution in [0.3, 0.4) is 0 Å². The monoisotopic (exact) mass is 241 g/mol. The molecule has 1 saturated carbocycles. The van der Waals surface area contributed by atoms with Crippen LogP contribution >= 0.6 is 0 Å². The molecule has 2 N–H and O–H groups in total. The van der Waals surface area contributed by atoms with Gasteiger partial charge in [-0.1, -0.05) is 5.92 Å². The van der Waals surface area contributed by atoms with Gasteiger partial charge in [-0.05, 0) is 19.8 Å². The van der Waals surface area contributed by atoms with Crippen molar-refractivity contribution in [2.45, 2.75) is 32.4 Å². The Balaban J connectivity index is 2.09. The third-order valence-electron chi connectivity index (χ3n) is 3.30. The summed E-state index contributed by atoms with van der Waals surface area (Å²) in [7, 11) is 0. The van der Waals surface area contributed by atoms with Crippen molar-refractivity contribution in [3.8, 4) is 23.7 Å². The zero-order chi connectivity index (χ0) is 12.7. The summed E-state index contributed by atoms with van der Waals surface area (Å²) in [5.41, 5.74) is 7.90. The molecule has 0 spiro atoms. The van der Waals surface area contributed by atoms with Gasteiger partial charge in [-0.2, -0.15) is 0 Å². The van der Waals surface area contributed by atoms with Gasteiger partial charge in [0.25, 0.3) is 0 Å². The summed E-state index contributed by atoms with van der Waals surface area (Å²) in [6.45, 7) is 2.36. The molecule has 1 aliphatic rings. The fourth-order valence-electron chi connectivity index (χ4n) is 2.19. The molecule has 5 heteroatoms. The lowest BCUT2D eigenvalue weighted by Gasteiger charge is -2.05. The maximum absolute atomic E-state index is 6.13. The van der Waals surface area contributed by atoms with E-state index in [1.807, 2.05) is 24.0 Å². The molecule has 2 aromatic heterocycles. The van der Waals surface area contributed by atoms with Crippen LogP contribution in [0.15, 0.2) is 12.5 Å². The summed E-state index contributed by atoms with van der Waals surface area (Å²) in [6, 6.07) is 0.556. The Kier molecular flexibility index (Phi) is 2.37. The van der Waals surface area contributed by atoms with E-state index in [2.05, 4.69) is 20.5 Å². The van der Waals surface area contributed by atoms with E-state index in [-0.39, 0.29) is 0 Å². The molecule has 0 amide bonds. The molecule has 0 bridgehead atoms. The van der Waals surface area contributed by atoms with Crippen molar-refractivity contribution >= 4 is 5.82 Å². The number of nitrogens with two attached hydrogens (primary N) is 1. The molecular weight excluding hydrogens is 226 g/mol. The molecule has 0 atom stereocenters. The maximum atomic E-state index is 6.13. The van der Waals surface area contributed by atoms with Crippen LogP contribution in [0, 0.1) is 19.3 Å². The number of hydrogen-bond acceptors (Lipinski definition) is 3. The molecule has 2 heterocycles. The minimum atomic E-state index is 0.447. The number of hydrogen-bond donors (Lipinski definition) is 1. The number of terminal acetylenes is 1. The van der Waals surface area contributed by atoms with E-state index in [0.717, 1.165) is 17.2 Å². The lowest BCUT2D eigenvalue weighted by atomic mass is 10.3. The zero-order valence-corrected chi connectivity index (χ0v) is 10.3. The molecule has 1 aliphatic carbocycles. The van der Waals surface area contributed by atoms with Crippen LogP contribution in [-0.4, -0.2) is 19.1 Å². The highest BCUT2D eigenvalue weighted by atomic mass is 15.2. The van der Waals surface area contributed by atoms with Crippen LogP contribution in [0.4, 0.5) is 5.82 Å². The van der Waals surface area contributed by atoms with Crippen molar-refractivity contribution in [3.05, 3.63) is 18.3 Å². The number of rotatable bonds is 3. The number of imidazole rings is 2. The second-order valence-electron chi connectivity index (χ2n) is 4.60. The normalized spacial score (nSPS) is 14.7. The van der Waals surface area contributed by atoms with Gasteiger partial charge < -0.3 is 14.9 Å². The maximum Gasteiger partial charge on any atom is 0.134 e. The summed E-state index contributed by atoms with van der Waals surface area (Å²) < 4.78 is 4.00. The summed E-state index contributed by atoms with van der Waals surface area (Å²) in [4.78, 5) is 8.73. The van der Waals surface area contributed by atoms with E-state index in [1.54, 1.807) is 0 Å². The first-order valence-corrected chi connectivity index (χ1v) is 6.00. The highest BCUT2D eigenvalue weighted by Gasteiger charge is 2.27. The topological polar surface area (TPSA) is 61.7 Å². The van der Waals surface area contributed by atoms with Crippen molar-refractivity contribution in [2.24, 2.45) is 0 Å².